The number of ether oxygens (including phenoxy) is 1. The van der Waals surface area contributed by atoms with Crippen LogP contribution in [0.2, 0.25) is 0 Å². The highest BCUT2D eigenvalue weighted by Gasteiger charge is 2.20. The van der Waals surface area contributed by atoms with Crippen molar-refractivity contribution in [2.45, 2.75) is 31.6 Å². The molecule has 1 N–H and O–H groups in total. The molecule has 18 heavy (non-hydrogen) atoms. The molecule has 0 amide bonds. The van der Waals surface area contributed by atoms with Gasteiger partial charge in [-0.3, -0.25) is 0 Å². The minimum Gasteiger partial charge on any atom is -0.381 e. The average molecular weight is 245 g/mol. The van der Waals surface area contributed by atoms with Gasteiger partial charge < -0.3 is 10.1 Å². The second kappa shape index (κ2) is 5.85. The van der Waals surface area contributed by atoms with Crippen molar-refractivity contribution in [3.63, 3.8) is 0 Å². The summed E-state index contributed by atoms with van der Waals surface area (Å²) >= 11 is 0. The molecule has 0 saturated carbocycles. The zero-order valence-electron chi connectivity index (χ0n) is 11.0. The molecule has 1 heterocycles. The third kappa shape index (κ3) is 2.76. The molecule has 2 atom stereocenters. The zero-order chi connectivity index (χ0) is 12.2. The maximum Gasteiger partial charge on any atom is 0.0507 e. The molecular formula is C16H23NO. The van der Waals surface area contributed by atoms with Crippen molar-refractivity contribution in [3.8, 4) is 0 Å². The van der Waals surface area contributed by atoms with Gasteiger partial charge in [0.2, 0.25) is 0 Å². The lowest BCUT2D eigenvalue weighted by Crippen LogP contribution is -2.29. The molecule has 1 saturated heterocycles. The fraction of sp³-hybridized carbons (Fsp3) is 0.625. The average Bonchev–Trinajstić information content (AvgIpc) is 2.92. The third-order valence-corrected chi connectivity index (χ3v) is 4.34. The normalized spacial score (nSPS) is 27.1. The number of benzene rings is 1. The molecular weight excluding hydrogens is 222 g/mol. The summed E-state index contributed by atoms with van der Waals surface area (Å²) in [5.41, 5.74) is 3.15. The van der Waals surface area contributed by atoms with Crippen LogP contribution in [0.15, 0.2) is 24.3 Å². The van der Waals surface area contributed by atoms with Gasteiger partial charge in [0.05, 0.1) is 6.61 Å². The van der Waals surface area contributed by atoms with Gasteiger partial charge in [-0.2, -0.15) is 0 Å². The van der Waals surface area contributed by atoms with Crippen molar-refractivity contribution in [2.24, 2.45) is 5.92 Å². The lowest BCUT2D eigenvalue weighted by Gasteiger charge is -2.26. The summed E-state index contributed by atoms with van der Waals surface area (Å²) in [6, 6.07) is 8.97. The second-order valence-electron chi connectivity index (χ2n) is 5.68. The predicted molar refractivity (Wildman–Crippen MR) is 73.9 cm³/mol. The van der Waals surface area contributed by atoms with Crippen LogP contribution in [0.3, 0.4) is 0 Å². The van der Waals surface area contributed by atoms with E-state index in [1.165, 1.54) is 25.7 Å². The Hall–Kier alpha value is -0.860. The van der Waals surface area contributed by atoms with E-state index in [0.717, 1.165) is 38.1 Å². The first-order valence-corrected chi connectivity index (χ1v) is 7.30. The van der Waals surface area contributed by atoms with E-state index in [-0.39, 0.29) is 0 Å². The second-order valence-corrected chi connectivity index (χ2v) is 5.68. The largest absolute Gasteiger partial charge is 0.381 e. The van der Waals surface area contributed by atoms with Gasteiger partial charge in [0.15, 0.2) is 0 Å². The summed E-state index contributed by atoms with van der Waals surface area (Å²) < 4.78 is 5.42. The summed E-state index contributed by atoms with van der Waals surface area (Å²) in [4.78, 5) is 0. The van der Waals surface area contributed by atoms with Crippen LogP contribution >= 0.6 is 0 Å². The van der Waals surface area contributed by atoms with Crippen molar-refractivity contribution >= 4 is 0 Å². The van der Waals surface area contributed by atoms with Gasteiger partial charge in [-0.25, -0.2) is 0 Å². The van der Waals surface area contributed by atoms with Crippen molar-refractivity contribution in [3.05, 3.63) is 35.4 Å². The fourth-order valence-electron chi connectivity index (χ4n) is 3.27. The van der Waals surface area contributed by atoms with Crippen LogP contribution in [0.4, 0.5) is 0 Å². The predicted octanol–water partition coefficient (Wildman–Crippen LogP) is 2.73. The summed E-state index contributed by atoms with van der Waals surface area (Å²) in [6.45, 7) is 4.17. The molecule has 1 aliphatic carbocycles. The highest BCUT2D eigenvalue weighted by molar-refractivity contribution is 5.32. The third-order valence-electron chi connectivity index (χ3n) is 4.34. The van der Waals surface area contributed by atoms with Crippen molar-refractivity contribution < 1.29 is 4.74 Å². The number of hydrogen-bond acceptors (Lipinski definition) is 2. The maximum absolute atomic E-state index is 5.42. The molecule has 0 radical (unpaired) electrons. The van der Waals surface area contributed by atoms with Crippen LogP contribution < -0.4 is 5.32 Å². The van der Waals surface area contributed by atoms with Crippen LogP contribution in [0.25, 0.3) is 0 Å². The monoisotopic (exact) mass is 245 g/mol. The minimum absolute atomic E-state index is 0.720. The molecule has 2 nitrogen and oxygen atoms in total. The number of fused-ring (bicyclic) bond motifs is 1. The van der Waals surface area contributed by atoms with E-state index in [0.29, 0.717) is 0 Å². The highest BCUT2D eigenvalue weighted by Crippen LogP contribution is 2.30. The molecule has 0 aromatic heterocycles. The topological polar surface area (TPSA) is 21.3 Å². The molecule has 1 fully saturated rings. The Kier molecular flexibility index (Phi) is 3.96. The van der Waals surface area contributed by atoms with Gasteiger partial charge >= 0.3 is 0 Å². The van der Waals surface area contributed by atoms with E-state index in [1.807, 2.05) is 0 Å². The first-order valence-electron chi connectivity index (χ1n) is 7.30. The molecule has 0 spiro atoms. The molecule has 1 aliphatic heterocycles. The smallest absolute Gasteiger partial charge is 0.0507 e. The first-order chi connectivity index (χ1) is 8.93. The maximum atomic E-state index is 5.42. The summed E-state index contributed by atoms with van der Waals surface area (Å²) in [5.74, 6) is 1.46. The van der Waals surface area contributed by atoms with Crippen LogP contribution in [-0.2, 0) is 11.2 Å². The fourth-order valence-corrected chi connectivity index (χ4v) is 3.27. The summed E-state index contributed by atoms with van der Waals surface area (Å²) in [5, 5.41) is 3.66. The molecule has 3 rings (SSSR count). The van der Waals surface area contributed by atoms with E-state index in [1.54, 1.807) is 11.1 Å². The molecule has 98 valence electrons. The van der Waals surface area contributed by atoms with E-state index < -0.39 is 0 Å². The Morgan fingerprint density at radius 2 is 2.11 bits per heavy atom. The number of hydrogen-bond donors (Lipinski definition) is 1. The Bertz CT molecular complexity index is 384. The van der Waals surface area contributed by atoms with Crippen molar-refractivity contribution in [2.75, 3.05) is 26.3 Å². The van der Waals surface area contributed by atoms with Gasteiger partial charge in [-0.1, -0.05) is 24.3 Å². The standard InChI is InChI=1S/C16H23NO/c1-2-7-16-14(4-1)5-3-6-15(16)11-17-10-13-8-9-18-12-13/h1-2,4,7,13,15,17H,3,5-6,8-12H2. The highest BCUT2D eigenvalue weighted by atomic mass is 16.5. The van der Waals surface area contributed by atoms with Gasteiger partial charge in [0, 0.05) is 19.7 Å². The number of aryl methyl sites for hydroxylation is 1. The lowest BCUT2D eigenvalue weighted by molar-refractivity contribution is 0.185. The number of nitrogens with one attached hydrogen (secondary N) is 1. The summed E-state index contributed by atoms with van der Waals surface area (Å²) in [7, 11) is 0. The van der Waals surface area contributed by atoms with E-state index in [4.69, 9.17) is 4.74 Å². The molecule has 2 aliphatic rings. The lowest BCUT2D eigenvalue weighted by atomic mass is 9.83. The van der Waals surface area contributed by atoms with Crippen LogP contribution in [0, 0.1) is 5.92 Å². The van der Waals surface area contributed by atoms with E-state index in [9.17, 15) is 0 Å². The minimum atomic E-state index is 0.720. The van der Waals surface area contributed by atoms with Crippen molar-refractivity contribution in [1.82, 2.24) is 5.32 Å². The van der Waals surface area contributed by atoms with Gasteiger partial charge in [-0.05, 0) is 48.6 Å². The van der Waals surface area contributed by atoms with Crippen molar-refractivity contribution in [1.29, 1.82) is 0 Å². The Labute approximate surface area is 110 Å². The zero-order valence-corrected chi connectivity index (χ0v) is 11.0. The van der Waals surface area contributed by atoms with Crippen LogP contribution in [0.1, 0.15) is 36.3 Å². The Morgan fingerprint density at radius 1 is 1.17 bits per heavy atom. The van der Waals surface area contributed by atoms with E-state index in [2.05, 4.69) is 29.6 Å². The number of rotatable bonds is 4. The molecule has 1 aromatic carbocycles. The molecule has 2 unspecified atom stereocenters. The SMILES string of the molecule is c1ccc2c(c1)CCCC2CNCC1CCOC1. The summed E-state index contributed by atoms with van der Waals surface area (Å²) in [6.07, 6.45) is 5.18. The van der Waals surface area contributed by atoms with E-state index >= 15 is 0 Å². The quantitative estimate of drug-likeness (QED) is 0.880. The molecule has 1 aromatic rings. The molecule has 2 heteroatoms. The van der Waals surface area contributed by atoms with Crippen LogP contribution in [-0.4, -0.2) is 26.3 Å². The Morgan fingerprint density at radius 3 is 3.00 bits per heavy atom. The van der Waals surface area contributed by atoms with Gasteiger partial charge in [0.25, 0.3) is 0 Å². The Balaban J connectivity index is 1.54. The van der Waals surface area contributed by atoms with Crippen LogP contribution in [0.5, 0.6) is 0 Å². The first kappa shape index (κ1) is 12.2. The molecule has 0 bridgehead atoms. The van der Waals surface area contributed by atoms with Gasteiger partial charge in [0.1, 0.15) is 0 Å². The van der Waals surface area contributed by atoms with Gasteiger partial charge in [-0.15, -0.1) is 0 Å².